The van der Waals surface area contributed by atoms with Crippen molar-refractivity contribution in [2.75, 3.05) is 11.9 Å². The lowest BCUT2D eigenvalue weighted by atomic mass is 10.2. The number of para-hydroxylation sites is 2. The van der Waals surface area contributed by atoms with Crippen LogP contribution in [0.25, 0.3) is 10.7 Å². The third-order valence-corrected chi connectivity index (χ3v) is 4.74. The summed E-state index contributed by atoms with van der Waals surface area (Å²) in [6.07, 6.45) is 1.62. The van der Waals surface area contributed by atoms with Gasteiger partial charge in [-0.05, 0) is 25.1 Å². The number of hydrogen-bond donors (Lipinski definition) is 1. The van der Waals surface area contributed by atoms with Crippen LogP contribution in [0.5, 0.6) is 0 Å². The number of nitro groups is 1. The molecule has 0 radical (unpaired) electrons. The first-order valence-electron chi connectivity index (χ1n) is 8.05. The molecule has 3 rings (SSSR count). The van der Waals surface area contributed by atoms with Crippen molar-refractivity contribution in [2.24, 2.45) is 0 Å². The Morgan fingerprint density at radius 3 is 2.68 bits per heavy atom. The number of carbonyl (C=O) groups excluding carboxylic acids is 2. The molecule has 0 aliphatic rings. The number of carbonyl (C=O) groups is 2. The lowest BCUT2D eigenvalue weighted by Crippen LogP contribution is -2.21. The largest absolute Gasteiger partial charge is 0.451 e. The first kappa shape index (κ1) is 19.1. The van der Waals surface area contributed by atoms with E-state index in [0.717, 1.165) is 11.3 Å². The summed E-state index contributed by atoms with van der Waals surface area (Å²) in [5.41, 5.74) is 0.874. The number of aromatic nitrogens is 2. The number of nitro benzene ring substituents is 1. The van der Waals surface area contributed by atoms with Gasteiger partial charge in [-0.25, -0.2) is 9.78 Å². The van der Waals surface area contributed by atoms with Crippen molar-refractivity contribution in [3.63, 3.8) is 0 Å². The number of nitrogens with zero attached hydrogens (tertiary/aromatic N) is 3. The maximum absolute atomic E-state index is 12.3. The van der Waals surface area contributed by atoms with Crippen molar-refractivity contribution in [3.8, 4) is 10.7 Å². The number of pyridine rings is 1. The highest BCUT2D eigenvalue weighted by atomic mass is 32.1. The fourth-order valence-electron chi connectivity index (χ4n) is 2.31. The second-order valence-electron chi connectivity index (χ2n) is 5.55. The van der Waals surface area contributed by atoms with E-state index >= 15 is 0 Å². The Kier molecular flexibility index (Phi) is 5.70. The molecule has 0 aliphatic heterocycles. The van der Waals surface area contributed by atoms with E-state index in [4.69, 9.17) is 4.74 Å². The Labute approximate surface area is 163 Å². The van der Waals surface area contributed by atoms with Crippen molar-refractivity contribution in [1.82, 2.24) is 9.97 Å². The monoisotopic (exact) mass is 398 g/mol. The summed E-state index contributed by atoms with van der Waals surface area (Å²) in [5, 5.41) is 13.9. The van der Waals surface area contributed by atoms with Crippen LogP contribution in [0.1, 0.15) is 15.4 Å². The zero-order valence-electron chi connectivity index (χ0n) is 14.6. The number of amides is 1. The fraction of sp³-hybridized carbons (Fsp3) is 0.111. The summed E-state index contributed by atoms with van der Waals surface area (Å²) in [4.78, 5) is 43.4. The van der Waals surface area contributed by atoms with Crippen LogP contribution < -0.4 is 5.32 Å². The fourth-order valence-corrected chi connectivity index (χ4v) is 3.24. The molecule has 28 heavy (non-hydrogen) atoms. The maximum Gasteiger partial charge on any atom is 0.350 e. The van der Waals surface area contributed by atoms with Gasteiger partial charge in [-0.3, -0.25) is 19.9 Å². The molecule has 0 unspecified atom stereocenters. The molecule has 2 aromatic heterocycles. The molecule has 0 bridgehead atoms. The highest BCUT2D eigenvalue weighted by molar-refractivity contribution is 7.17. The molecular weight excluding hydrogens is 384 g/mol. The minimum Gasteiger partial charge on any atom is -0.451 e. The molecule has 0 spiro atoms. The van der Waals surface area contributed by atoms with Gasteiger partial charge in [-0.15, -0.1) is 11.3 Å². The number of anilines is 1. The minimum atomic E-state index is -0.699. The van der Waals surface area contributed by atoms with Gasteiger partial charge in [0.15, 0.2) is 6.61 Å². The van der Waals surface area contributed by atoms with Gasteiger partial charge < -0.3 is 10.1 Å². The van der Waals surface area contributed by atoms with Crippen molar-refractivity contribution < 1.29 is 19.2 Å². The molecule has 0 saturated carbocycles. The van der Waals surface area contributed by atoms with Crippen LogP contribution >= 0.6 is 11.3 Å². The summed E-state index contributed by atoms with van der Waals surface area (Å²) in [6, 6.07) is 11.0. The highest BCUT2D eigenvalue weighted by Crippen LogP contribution is 2.27. The van der Waals surface area contributed by atoms with Crippen LogP contribution in [0.2, 0.25) is 0 Å². The van der Waals surface area contributed by atoms with Crippen LogP contribution in [-0.4, -0.2) is 33.4 Å². The molecule has 1 N–H and O–H groups in total. The summed E-state index contributed by atoms with van der Waals surface area (Å²) < 4.78 is 5.02. The smallest absolute Gasteiger partial charge is 0.350 e. The number of thiazole rings is 1. The van der Waals surface area contributed by atoms with Gasteiger partial charge in [0.25, 0.3) is 11.6 Å². The van der Waals surface area contributed by atoms with Gasteiger partial charge in [0.05, 0.1) is 16.3 Å². The van der Waals surface area contributed by atoms with Crippen LogP contribution in [-0.2, 0) is 9.53 Å². The number of aryl methyl sites for hydroxylation is 1. The van der Waals surface area contributed by atoms with Crippen molar-refractivity contribution in [3.05, 3.63) is 69.3 Å². The Hall–Kier alpha value is -3.66. The molecule has 3 aromatic rings. The van der Waals surface area contributed by atoms with Crippen LogP contribution in [0.3, 0.4) is 0 Å². The average Bonchev–Trinajstić information content (AvgIpc) is 3.09. The summed E-state index contributed by atoms with van der Waals surface area (Å²) in [7, 11) is 0. The molecule has 0 atom stereocenters. The molecule has 0 saturated heterocycles. The standard InChI is InChI=1S/C18H14N4O5S/c1-11-16(28-17(20-11)13-7-4-5-9-19-13)18(24)27-10-15(23)21-12-6-2-3-8-14(12)22(25)26/h2-9H,10H2,1H3,(H,21,23). The molecule has 9 nitrogen and oxygen atoms in total. The molecule has 0 aliphatic carbocycles. The number of rotatable bonds is 6. The molecule has 10 heteroatoms. The van der Waals surface area contributed by atoms with E-state index in [1.54, 1.807) is 31.3 Å². The predicted molar refractivity (Wildman–Crippen MR) is 102 cm³/mol. The minimum absolute atomic E-state index is 0.0277. The highest BCUT2D eigenvalue weighted by Gasteiger charge is 2.20. The Balaban J connectivity index is 1.64. The van der Waals surface area contributed by atoms with E-state index in [1.807, 2.05) is 6.07 Å². The van der Waals surface area contributed by atoms with Gasteiger partial charge in [0.2, 0.25) is 0 Å². The summed E-state index contributed by atoms with van der Waals surface area (Å²) >= 11 is 1.11. The predicted octanol–water partition coefficient (Wildman–Crippen LogP) is 3.22. The summed E-state index contributed by atoms with van der Waals surface area (Å²) in [5.74, 6) is -1.38. The van der Waals surface area contributed by atoms with Gasteiger partial charge in [-0.1, -0.05) is 18.2 Å². The first-order chi connectivity index (χ1) is 13.5. The zero-order valence-corrected chi connectivity index (χ0v) is 15.4. The molecule has 142 valence electrons. The molecular formula is C18H14N4O5S. The lowest BCUT2D eigenvalue weighted by molar-refractivity contribution is -0.383. The summed E-state index contributed by atoms with van der Waals surface area (Å²) in [6.45, 7) is 1.08. The molecule has 1 amide bonds. The SMILES string of the molecule is Cc1nc(-c2ccccn2)sc1C(=O)OCC(=O)Nc1ccccc1[N+](=O)[O-]. The van der Waals surface area contributed by atoms with Gasteiger partial charge in [0, 0.05) is 12.3 Å². The third-order valence-electron chi connectivity index (χ3n) is 3.58. The number of esters is 1. The second-order valence-corrected chi connectivity index (χ2v) is 6.55. The normalized spacial score (nSPS) is 10.3. The number of benzene rings is 1. The van der Waals surface area contributed by atoms with Gasteiger partial charge >= 0.3 is 5.97 Å². The van der Waals surface area contributed by atoms with E-state index < -0.39 is 23.4 Å². The quantitative estimate of drug-likeness (QED) is 0.384. The van der Waals surface area contributed by atoms with Gasteiger partial charge in [0.1, 0.15) is 15.6 Å². The number of nitrogens with one attached hydrogen (secondary N) is 1. The van der Waals surface area contributed by atoms with E-state index in [1.165, 1.54) is 18.2 Å². The topological polar surface area (TPSA) is 124 Å². The Morgan fingerprint density at radius 1 is 1.21 bits per heavy atom. The van der Waals surface area contributed by atoms with Crippen molar-refractivity contribution in [1.29, 1.82) is 0 Å². The molecule has 0 fully saturated rings. The number of ether oxygens (including phenoxy) is 1. The van der Waals surface area contributed by atoms with E-state index in [2.05, 4.69) is 15.3 Å². The van der Waals surface area contributed by atoms with E-state index in [9.17, 15) is 19.7 Å². The van der Waals surface area contributed by atoms with Gasteiger partial charge in [-0.2, -0.15) is 0 Å². The van der Waals surface area contributed by atoms with E-state index in [-0.39, 0.29) is 16.3 Å². The van der Waals surface area contributed by atoms with Crippen molar-refractivity contribution in [2.45, 2.75) is 6.92 Å². The molecule has 2 heterocycles. The third kappa shape index (κ3) is 4.35. The molecule has 1 aromatic carbocycles. The zero-order chi connectivity index (χ0) is 20.1. The second kappa shape index (κ2) is 8.35. The Morgan fingerprint density at radius 2 is 1.96 bits per heavy atom. The number of hydrogen-bond acceptors (Lipinski definition) is 8. The van der Waals surface area contributed by atoms with E-state index in [0.29, 0.717) is 16.4 Å². The average molecular weight is 398 g/mol. The Bertz CT molecular complexity index is 1040. The van der Waals surface area contributed by atoms with Crippen LogP contribution in [0, 0.1) is 17.0 Å². The van der Waals surface area contributed by atoms with Crippen LogP contribution in [0.15, 0.2) is 48.7 Å². The maximum atomic E-state index is 12.3. The lowest BCUT2D eigenvalue weighted by Gasteiger charge is -2.06. The first-order valence-corrected chi connectivity index (χ1v) is 8.86. The van der Waals surface area contributed by atoms with Crippen molar-refractivity contribution >= 4 is 34.6 Å². The van der Waals surface area contributed by atoms with Crippen LogP contribution in [0.4, 0.5) is 11.4 Å².